The molecule has 0 aliphatic carbocycles. The van der Waals surface area contributed by atoms with Crippen LogP contribution in [0.2, 0.25) is 0 Å². The highest BCUT2D eigenvalue weighted by Crippen LogP contribution is 2.32. The Bertz CT molecular complexity index is 542. The molecule has 0 radical (unpaired) electrons. The molecule has 1 amide bonds. The zero-order valence-corrected chi connectivity index (χ0v) is 12.1. The van der Waals surface area contributed by atoms with Crippen molar-refractivity contribution in [3.63, 3.8) is 0 Å². The summed E-state index contributed by atoms with van der Waals surface area (Å²) in [5.74, 6) is 0.482. The van der Waals surface area contributed by atoms with E-state index in [-0.39, 0.29) is 16.9 Å². The lowest BCUT2D eigenvalue weighted by molar-refractivity contribution is -0.137. The summed E-state index contributed by atoms with van der Waals surface area (Å²) >= 11 is 1.17. The Morgan fingerprint density at radius 3 is 2.48 bits per heavy atom. The van der Waals surface area contributed by atoms with E-state index in [0.29, 0.717) is 24.4 Å². The van der Waals surface area contributed by atoms with Crippen LogP contribution in [0.5, 0.6) is 0 Å². The van der Waals surface area contributed by atoms with E-state index in [0.717, 1.165) is 12.1 Å². The number of anilines is 1. The van der Waals surface area contributed by atoms with E-state index < -0.39 is 11.7 Å². The van der Waals surface area contributed by atoms with Crippen LogP contribution >= 0.6 is 11.8 Å². The first kappa shape index (κ1) is 15.9. The van der Waals surface area contributed by atoms with Crippen LogP contribution in [0.4, 0.5) is 18.9 Å². The predicted octanol–water partition coefficient (Wildman–Crippen LogP) is 3.34. The minimum atomic E-state index is -4.38. The van der Waals surface area contributed by atoms with Gasteiger partial charge in [0.25, 0.3) is 0 Å². The molecule has 1 aromatic rings. The van der Waals surface area contributed by atoms with Crippen LogP contribution in [-0.2, 0) is 15.8 Å². The minimum absolute atomic E-state index is 0.00423. The third kappa shape index (κ3) is 4.00. The van der Waals surface area contributed by atoms with Gasteiger partial charge in [-0.15, -0.1) is 0 Å². The number of halogens is 3. The van der Waals surface area contributed by atoms with E-state index in [2.05, 4.69) is 0 Å². The Balaban J connectivity index is 2.05. The molecule has 0 saturated carbocycles. The van der Waals surface area contributed by atoms with E-state index in [9.17, 15) is 22.8 Å². The van der Waals surface area contributed by atoms with Gasteiger partial charge in [0.05, 0.1) is 5.56 Å². The summed E-state index contributed by atoms with van der Waals surface area (Å²) in [6.07, 6.45) is -4.06. The number of carbonyl (C=O) groups is 2. The second-order valence-electron chi connectivity index (χ2n) is 4.92. The average molecular weight is 317 g/mol. The van der Waals surface area contributed by atoms with Crippen molar-refractivity contribution in [2.75, 3.05) is 17.2 Å². The van der Waals surface area contributed by atoms with Crippen LogP contribution in [-0.4, -0.2) is 23.3 Å². The highest BCUT2D eigenvalue weighted by Gasteiger charge is 2.33. The van der Waals surface area contributed by atoms with Gasteiger partial charge in [-0.2, -0.15) is 13.2 Å². The molecule has 1 aromatic carbocycles. The zero-order valence-electron chi connectivity index (χ0n) is 11.3. The van der Waals surface area contributed by atoms with Crippen molar-refractivity contribution < 1.29 is 22.8 Å². The first-order valence-corrected chi connectivity index (χ1v) is 7.37. The van der Waals surface area contributed by atoms with Gasteiger partial charge in [0.1, 0.15) is 0 Å². The van der Waals surface area contributed by atoms with E-state index in [4.69, 9.17) is 0 Å². The Kier molecular flexibility index (Phi) is 4.61. The quantitative estimate of drug-likeness (QED) is 0.858. The maximum Gasteiger partial charge on any atom is 0.416 e. The van der Waals surface area contributed by atoms with Crippen LogP contribution in [0.1, 0.15) is 18.9 Å². The summed E-state index contributed by atoms with van der Waals surface area (Å²) < 4.78 is 37.5. The number of thioether (sulfide) groups is 1. The standard InChI is InChI=1S/C14H14F3NO2S/c1-9(19)21-8-10-6-13(20)18(7-10)12-4-2-11(3-5-12)14(15,16)17/h2-5,10H,6-8H2,1H3. The fourth-order valence-electron chi connectivity index (χ4n) is 2.21. The molecule has 7 heteroatoms. The van der Waals surface area contributed by atoms with Crippen molar-refractivity contribution in [3.8, 4) is 0 Å². The fourth-order valence-corrected chi connectivity index (χ4v) is 2.90. The molecule has 3 nitrogen and oxygen atoms in total. The molecule has 0 bridgehead atoms. The molecule has 1 saturated heterocycles. The molecule has 1 unspecified atom stereocenters. The third-order valence-corrected chi connectivity index (χ3v) is 4.28. The van der Waals surface area contributed by atoms with Crippen molar-refractivity contribution >= 4 is 28.5 Å². The van der Waals surface area contributed by atoms with E-state index in [1.54, 1.807) is 0 Å². The SMILES string of the molecule is CC(=O)SCC1CC(=O)N(c2ccc(C(F)(F)F)cc2)C1. The lowest BCUT2D eigenvalue weighted by Crippen LogP contribution is -2.24. The number of rotatable bonds is 3. The summed E-state index contributed by atoms with van der Waals surface area (Å²) in [5, 5.41) is -0.00423. The lowest BCUT2D eigenvalue weighted by Gasteiger charge is -2.17. The number of alkyl halides is 3. The third-order valence-electron chi connectivity index (χ3n) is 3.23. The topological polar surface area (TPSA) is 37.4 Å². The molecule has 21 heavy (non-hydrogen) atoms. The smallest absolute Gasteiger partial charge is 0.312 e. The Morgan fingerprint density at radius 1 is 1.33 bits per heavy atom. The fraction of sp³-hybridized carbons (Fsp3) is 0.429. The average Bonchev–Trinajstić information content (AvgIpc) is 2.77. The number of nitrogens with zero attached hydrogens (tertiary/aromatic N) is 1. The second kappa shape index (κ2) is 6.09. The highest BCUT2D eigenvalue weighted by atomic mass is 32.2. The van der Waals surface area contributed by atoms with E-state index in [1.165, 1.54) is 35.7 Å². The van der Waals surface area contributed by atoms with E-state index in [1.807, 2.05) is 0 Å². The van der Waals surface area contributed by atoms with Crippen LogP contribution in [0, 0.1) is 5.92 Å². The van der Waals surface area contributed by atoms with Gasteiger partial charge in [-0.05, 0) is 30.2 Å². The molecule has 1 aliphatic heterocycles. The lowest BCUT2D eigenvalue weighted by atomic mass is 10.1. The normalized spacial score (nSPS) is 19.1. The molecule has 0 aromatic heterocycles. The van der Waals surface area contributed by atoms with Gasteiger partial charge in [-0.25, -0.2) is 0 Å². The van der Waals surface area contributed by atoms with Crippen LogP contribution in [0.15, 0.2) is 24.3 Å². The number of carbonyl (C=O) groups excluding carboxylic acids is 2. The highest BCUT2D eigenvalue weighted by molar-refractivity contribution is 8.13. The van der Waals surface area contributed by atoms with Gasteiger partial charge in [0.2, 0.25) is 5.91 Å². The van der Waals surface area contributed by atoms with Crippen molar-refractivity contribution in [2.45, 2.75) is 19.5 Å². The maximum absolute atomic E-state index is 12.5. The van der Waals surface area contributed by atoms with Crippen molar-refractivity contribution in [2.24, 2.45) is 5.92 Å². The summed E-state index contributed by atoms with van der Waals surface area (Å²) in [7, 11) is 0. The molecule has 1 fully saturated rings. The molecule has 0 N–H and O–H groups in total. The van der Waals surface area contributed by atoms with Gasteiger partial charge in [-0.1, -0.05) is 11.8 Å². The number of benzene rings is 1. The number of hydrogen-bond acceptors (Lipinski definition) is 3. The largest absolute Gasteiger partial charge is 0.416 e. The molecule has 2 rings (SSSR count). The van der Waals surface area contributed by atoms with Crippen LogP contribution in [0.3, 0.4) is 0 Å². The summed E-state index contributed by atoms with van der Waals surface area (Å²) in [6.45, 7) is 1.90. The number of amides is 1. The van der Waals surface area contributed by atoms with Crippen molar-refractivity contribution in [1.29, 1.82) is 0 Å². The van der Waals surface area contributed by atoms with Crippen molar-refractivity contribution in [3.05, 3.63) is 29.8 Å². The Labute approximate surface area is 124 Å². The zero-order chi connectivity index (χ0) is 15.6. The molecular weight excluding hydrogens is 303 g/mol. The predicted molar refractivity (Wildman–Crippen MR) is 75.0 cm³/mol. The summed E-state index contributed by atoms with van der Waals surface area (Å²) in [5.41, 5.74) is -0.273. The summed E-state index contributed by atoms with van der Waals surface area (Å²) in [6, 6.07) is 4.56. The maximum atomic E-state index is 12.5. The summed E-state index contributed by atoms with van der Waals surface area (Å²) in [4.78, 5) is 24.3. The molecule has 1 heterocycles. The molecule has 0 spiro atoms. The van der Waals surface area contributed by atoms with Gasteiger partial charge in [0.15, 0.2) is 5.12 Å². The molecule has 1 atom stereocenters. The molecule has 1 aliphatic rings. The van der Waals surface area contributed by atoms with Gasteiger partial charge >= 0.3 is 6.18 Å². The first-order valence-electron chi connectivity index (χ1n) is 6.38. The first-order chi connectivity index (χ1) is 9.77. The monoisotopic (exact) mass is 317 g/mol. The Hall–Kier alpha value is -1.50. The minimum Gasteiger partial charge on any atom is -0.312 e. The molecule has 114 valence electrons. The van der Waals surface area contributed by atoms with E-state index >= 15 is 0 Å². The van der Waals surface area contributed by atoms with Crippen LogP contribution in [0.25, 0.3) is 0 Å². The molecular formula is C14H14F3NO2S. The Morgan fingerprint density at radius 2 is 1.95 bits per heavy atom. The van der Waals surface area contributed by atoms with Crippen LogP contribution < -0.4 is 4.90 Å². The number of hydrogen-bond donors (Lipinski definition) is 0. The van der Waals surface area contributed by atoms with Gasteiger partial charge in [0, 0.05) is 31.3 Å². The van der Waals surface area contributed by atoms with Gasteiger partial charge < -0.3 is 4.90 Å². The van der Waals surface area contributed by atoms with Crippen molar-refractivity contribution in [1.82, 2.24) is 0 Å². The van der Waals surface area contributed by atoms with Gasteiger partial charge in [-0.3, -0.25) is 9.59 Å². The second-order valence-corrected chi connectivity index (χ2v) is 6.12.